The van der Waals surface area contributed by atoms with Crippen LogP contribution in [0.1, 0.15) is 40.0 Å². The van der Waals surface area contributed by atoms with E-state index in [1.54, 1.807) is 6.92 Å². The Kier molecular flexibility index (Phi) is 6.23. The second-order valence-corrected chi connectivity index (χ2v) is 5.62. The zero-order valence-corrected chi connectivity index (χ0v) is 11.0. The lowest BCUT2D eigenvalue weighted by molar-refractivity contribution is -0.156. The number of hydrogen-bond donors (Lipinski definition) is 2. The first-order valence-electron chi connectivity index (χ1n) is 5.53. The van der Waals surface area contributed by atoms with Crippen molar-refractivity contribution in [3.05, 3.63) is 0 Å². The summed E-state index contributed by atoms with van der Waals surface area (Å²) in [6.07, 6.45) is 0.960. The Hall–Kier alpha value is -0.380. The Morgan fingerprint density at radius 2 is 1.75 bits per heavy atom. The standard InChI is InChI=1S/C10H21O5P/c1-4-10(5-2,9(11)15-6-3)7-8-16(12,13)14/h4-8H2,1-3H3,(H2,12,13,14). The van der Waals surface area contributed by atoms with Gasteiger partial charge in [0.1, 0.15) is 0 Å². The molecule has 16 heavy (non-hydrogen) atoms. The fraction of sp³-hybridized carbons (Fsp3) is 0.900. The van der Waals surface area contributed by atoms with Gasteiger partial charge in [0.25, 0.3) is 0 Å². The van der Waals surface area contributed by atoms with E-state index in [4.69, 9.17) is 14.5 Å². The van der Waals surface area contributed by atoms with E-state index in [0.717, 1.165) is 0 Å². The molecule has 6 heteroatoms. The monoisotopic (exact) mass is 252 g/mol. The molecule has 0 heterocycles. The second kappa shape index (κ2) is 6.38. The normalized spacial score (nSPS) is 12.6. The van der Waals surface area contributed by atoms with Crippen LogP contribution in [-0.4, -0.2) is 28.5 Å². The minimum absolute atomic E-state index is 0.170. The summed E-state index contributed by atoms with van der Waals surface area (Å²) in [6, 6.07) is 0. The van der Waals surface area contributed by atoms with Gasteiger partial charge in [-0.3, -0.25) is 9.36 Å². The molecule has 0 unspecified atom stereocenters. The van der Waals surface area contributed by atoms with Crippen molar-refractivity contribution < 1.29 is 23.9 Å². The van der Waals surface area contributed by atoms with Crippen LogP contribution in [0.25, 0.3) is 0 Å². The molecule has 0 spiro atoms. The van der Waals surface area contributed by atoms with Crippen molar-refractivity contribution in [3.63, 3.8) is 0 Å². The average molecular weight is 252 g/mol. The molecule has 0 bridgehead atoms. The summed E-state index contributed by atoms with van der Waals surface area (Å²) >= 11 is 0. The van der Waals surface area contributed by atoms with Crippen molar-refractivity contribution in [2.24, 2.45) is 5.41 Å². The van der Waals surface area contributed by atoms with Crippen LogP contribution in [0, 0.1) is 5.41 Å². The highest BCUT2D eigenvalue weighted by molar-refractivity contribution is 7.51. The zero-order valence-electron chi connectivity index (χ0n) is 10.1. The first-order valence-corrected chi connectivity index (χ1v) is 7.33. The molecule has 5 nitrogen and oxygen atoms in total. The zero-order chi connectivity index (χ0) is 12.8. The van der Waals surface area contributed by atoms with Gasteiger partial charge in [-0.1, -0.05) is 13.8 Å². The molecule has 96 valence electrons. The van der Waals surface area contributed by atoms with Crippen LogP contribution in [0.4, 0.5) is 0 Å². The van der Waals surface area contributed by atoms with Gasteiger partial charge >= 0.3 is 13.6 Å². The van der Waals surface area contributed by atoms with Gasteiger partial charge in [0, 0.05) is 0 Å². The summed E-state index contributed by atoms with van der Waals surface area (Å²) in [5, 5.41) is 0. The average Bonchev–Trinajstić information content (AvgIpc) is 2.19. The third-order valence-corrected chi connectivity index (χ3v) is 3.75. The molecule has 0 saturated carbocycles. The van der Waals surface area contributed by atoms with Gasteiger partial charge < -0.3 is 14.5 Å². The third-order valence-electron chi connectivity index (χ3n) is 2.94. The Labute approximate surface area is 96.4 Å². The van der Waals surface area contributed by atoms with Gasteiger partial charge in [0.05, 0.1) is 18.2 Å². The molecule has 0 aromatic carbocycles. The molecule has 0 fully saturated rings. The predicted molar refractivity (Wildman–Crippen MR) is 61.2 cm³/mol. The van der Waals surface area contributed by atoms with Crippen molar-refractivity contribution >= 4 is 13.6 Å². The molecule has 0 aliphatic rings. The molecule has 0 aromatic rings. The van der Waals surface area contributed by atoms with Crippen molar-refractivity contribution in [3.8, 4) is 0 Å². The summed E-state index contributed by atoms with van der Waals surface area (Å²) in [7, 11) is -4.05. The lowest BCUT2D eigenvalue weighted by atomic mass is 9.80. The summed E-state index contributed by atoms with van der Waals surface area (Å²) in [5.74, 6) is -0.353. The number of rotatable bonds is 7. The largest absolute Gasteiger partial charge is 0.466 e. The summed E-state index contributed by atoms with van der Waals surface area (Å²) < 4.78 is 15.8. The van der Waals surface area contributed by atoms with Crippen LogP contribution in [0.5, 0.6) is 0 Å². The Morgan fingerprint density at radius 1 is 1.25 bits per heavy atom. The van der Waals surface area contributed by atoms with Gasteiger partial charge in [-0.2, -0.15) is 0 Å². The topological polar surface area (TPSA) is 83.8 Å². The van der Waals surface area contributed by atoms with Crippen LogP contribution >= 0.6 is 7.60 Å². The van der Waals surface area contributed by atoms with E-state index in [2.05, 4.69) is 0 Å². The molecule has 0 amide bonds. The number of carbonyl (C=O) groups is 1. The molecular weight excluding hydrogens is 231 g/mol. The molecule has 0 atom stereocenters. The highest BCUT2D eigenvalue weighted by Crippen LogP contribution is 2.42. The SMILES string of the molecule is CCOC(=O)C(CC)(CC)CCP(=O)(O)O. The maximum absolute atomic E-state index is 11.8. The number of hydrogen-bond acceptors (Lipinski definition) is 3. The van der Waals surface area contributed by atoms with E-state index in [1.165, 1.54) is 0 Å². The molecule has 0 aliphatic heterocycles. The quantitative estimate of drug-likeness (QED) is 0.534. The lowest BCUT2D eigenvalue weighted by Crippen LogP contribution is -2.33. The fourth-order valence-corrected chi connectivity index (χ4v) is 2.36. The van der Waals surface area contributed by atoms with Gasteiger partial charge in [-0.05, 0) is 26.2 Å². The van der Waals surface area contributed by atoms with E-state index in [1.807, 2.05) is 13.8 Å². The van der Waals surface area contributed by atoms with Crippen molar-refractivity contribution in [2.45, 2.75) is 40.0 Å². The summed E-state index contributed by atoms with van der Waals surface area (Å²) in [5.41, 5.74) is -0.753. The highest BCUT2D eigenvalue weighted by atomic mass is 31.2. The van der Waals surface area contributed by atoms with Gasteiger partial charge in [-0.25, -0.2) is 0 Å². The lowest BCUT2D eigenvalue weighted by Gasteiger charge is -2.29. The molecule has 0 radical (unpaired) electrons. The molecule has 0 aromatic heterocycles. The maximum Gasteiger partial charge on any atom is 0.325 e. The van der Waals surface area contributed by atoms with Crippen LogP contribution in [-0.2, 0) is 14.1 Å². The van der Waals surface area contributed by atoms with Crippen LogP contribution in [0.15, 0.2) is 0 Å². The number of ether oxygens (including phenoxy) is 1. The minimum atomic E-state index is -4.05. The second-order valence-electron chi connectivity index (χ2n) is 3.85. The molecule has 0 rings (SSSR count). The number of carbonyl (C=O) groups excluding carboxylic acids is 1. The van der Waals surface area contributed by atoms with Gasteiger partial charge in [-0.15, -0.1) is 0 Å². The van der Waals surface area contributed by atoms with Crippen LogP contribution in [0.2, 0.25) is 0 Å². The smallest absolute Gasteiger partial charge is 0.325 e. The van der Waals surface area contributed by atoms with Gasteiger partial charge in [0.15, 0.2) is 0 Å². The van der Waals surface area contributed by atoms with Gasteiger partial charge in [0.2, 0.25) is 0 Å². The predicted octanol–water partition coefficient (Wildman–Crippen LogP) is 1.92. The minimum Gasteiger partial charge on any atom is -0.466 e. The van der Waals surface area contributed by atoms with E-state index < -0.39 is 13.0 Å². The first-order chi connectivity index (χ1) is 7.31. The number of esters is 1. The molecule has 0 saturated heterocycles. The fourth-order valence-electron chi connectivity index (χ4n) is 1.64. The summed E-state index contributed by atoms with van der Waals surface area (Å²) in [4.78, 5) is 29.5. The van der Waals surface area contributed by atoms with Crippen LogP contribution in [0.3, 0.4) is 0 Å². The molecule has 0 aliphatic carbocycles. The van der Waals surface area contributed by atoms with E-state index >= 15 is 0 Å². The summed E-state index contributed by atoms with van der Waals surface area (Å²) in [6.45, 7) is 5.67. The van der Waals surface area contributed by atoms with E-state index in [0.29, 0.717) is 12.8 Å². The van der Waals surface area contributed by atoms with E-state index in [9.17, 15) is 9.36 Å². The molecule has 2 N–H and O–H groups in total. The van der Waals surface area contributed by atoms with E-state index in [-0.39, 0.29) is 25.2 Å². The Bertz CT molecular complexity index is 266. The first kappa shape index (κ1) is 15.6. The third kappa shape index (κ3) is 4.64. The molecular formula is C10H21O5P. The Morgan fingerprint density at radius 3 is 2.06 bits per heavy atom. The highest BCUT2D eigenvalue weighted by Gasteiger charge is 2.37. The Balaban J connectivity index is 4.68. The van der Waals surface area contributed by atoms with Crippen molar-refractivity contribution in [2.75, 3.05) is 12.8 Å². The maximum atomic E-state index is 11.8. The van der Waals surface area contributed by atoms with Crippen molar-refractivity contribution in [1.29, 1.82) is 0 Å². The van der Waals surface area contributed by atoms with Crippen molar-refractivity contribution in [1.82, 2.24) is 0 Å². The van der Waals surface area contributed by atoms with Crippen LogP contribution < -0.4 is 0 Å².